The molecule has 0 saturated carbocycles. The number of anilines is 1. The van der Waals surface area contributed by atoms with Gasteiger partial charge in [-0.1, -0.05) is 6.07 Å². The van der Waals surface area contributed by atoms with Crippen molar-refractivity contribution >= 4 is 29.4 Å². The lowest BCUT2D eigenvalue weighted by atomic mass is 10.1. The second-order valence-corrected chi connectivity index (χ2v) is 3.26. The zero-order valence-corrected chi connectivity index (χ0v) is 8.06. The van der Waals surface area contributed by atoms with Crippen molar-refractivity contribution in [1.82, 2.24) is 0 Å². The first kappa shape index (κ1) is 10.1. The number of fused-ring (bicyclic) bond motifs is 1. The molecule has 1 aliphatic rings. The molecule has 0 saturated heterocycles. The van der Waals surface area contributed by atoms with Gasteiger partial charge in [-0.05, 0) is 23.8 Å². The Hall–Kier alpha value is -2.43. The van der Waals surface area contributed by atoms with Crippen molar-refractivity contribution in [2.75, 3.05) is 5.32 Å². The van der Waals surface area contributed by atoms with Crippen LogP contribution in [-0.4, -0.2) is 22.8 Å². The molecule has 5 heteroatoms. The number of carbonyl (C=O) groups is 3. The van der Waals surface area contributed by atoms with Crippen molar-refractivity contribution in [2.45, 2.75) is 0 Å². The Morgan fingerprint density at radius 2 is 2.06 bits per heavy atom. The predicted octanol–water partition coefficient (Wildman–Crippen LogP) is 0.919. The van der Waals surface area contributed by atoms with Gasteiger partial charge in [-0.25, -0.2) is 4.79 Å². The monoisotopic (exact) mass is 217 g/mol. The van der Waals surface area contributed by atoms with Crippen LogP contribution in [0, 0.1) is 0 Å². The summed E-state index contributed by atoms with van der Waals surface area (Å²) in [6.45, 7) is 0. The lowest BCUT2D eigenvalue weighted by Crippen LogP contribution is -2.12. The van der Waals surface area contributed by atoms with Crippen LogP contribution in [0.25, 0.3) is 6.08 Å². The SMILES string of the molecule is O=C(O)C=Cc1ccc2c(c1)C(=O)C(=O)N2. The standard InChI is InChI=1S/C11H7NO4/c13-9(14)4-2-6-1-3-8-7(5-6)10(15)11(16)12-8/h1-5H,(H,13,14)(H,12,15,16). The average Bonchev–Trinajstić information content (AvgIpc) is 2.52. The van der Waals surface area contributed by atoms with E-state index in [9.17, 15) is 14.4 Å². The quantitative estimate of drug-likeness (QED) is 0.570. The molecule has 1 amide bonds. The highest BCUT2D eigenvalue weighted by Gasteiger charge is 2.27. The summed E-state index contributed by atoms with van der Waals surface area (Å²) < 4.78 is 0. The average molecular weight is 217 g/mol. The summed E-state index contributed by atoms with van der Waals surface area (Å²) >= 11 is 0. The van der Waals surface area contributed by atoms with E-state index in [4.69, 9.17) is 5.11 Å². The molecule has 16 heavy (non-hydrogen) atoms. The number of hydrogen-bond donors (Lipinski definition) is 2. The van der Waals surface area contributed by atoms with E-state index < -0.39 is 17.7 Å². The fourth-order valence-electron chi connectivity index (χ4n) is 1.43. The summed E-state index contributed by atoms with van der Waals surface area (Å²) in [5.41, 5.74) is 1.30. The highest BCUT2D eigenvalue weighted by molar-refractivity contribution is 6.51. The normalized spacial score (nSPS) is 14.0. The lowest BCUT2D eigenvalue weighted by Gasteiger charge is -1.97. The topological polar surface area (TPSA) is 83.5 Å². The van der Waals surface area contributed by atoms with Crippen molar-refractivity contribution in [3.8, 4) is 0 Å². The number of hydrogen-bond acceptors (Lipinski definition) is 3. The van der Waals surface area contributed by atoms with Crippen LogP contribution in [0.3, 0.4) is 0 Å². The molecule has 2 N–H and O–H groups in total. The first-order valence-corrected chi connectivity index (χ1v) is 4.48. The Bertz CT molecular complexity index is 531. The molecule has 1 heterocycles. The van der Waals surface area contributed by atoms with Gasteiger partial charge >= 0.3 is 5.97 Å². The number of nitrogens with one attached hydrogen (secondary N) is 1. The van der Waals surface area contributed by atoms with Crippen LogP contribution in [0.15, 0.2) is 24.3 Å². The van der Waals surface area contributed by atoms with Gasteiger partial charge in [0.05, 0.1) is 11.3 Å². The minimum Gasteiger partial charge on any atom is -0.478 e. The Morgan fingerprint density at radius 3 is 2.75 bits per heavy atom. The number of carboxylic acid groups (broad SMARTS) is 1. The second-order valence-electron chi connectivity index (χ2n) is 3.26. The summed E-state index contributed by atoms with van der Waals surface area (Å²) in [6, 6.07) is 4.67. The first-order valence-electron chi connectivity index (χ1n) is 4.48. The van der Waals surface area contributed by atoms with Crippen LogP contribution in [0.2, 0.25) is 0 Å². The van der Waals surface area contributed by atoms with E-state index in [-0.39, 0.29) is 5.56 Å². The zero-order chi connectivity index (χ0) is 11.7. The fraction of sp³-hybridized carbons (Fsp3) is 0. The molecule has 1 aromatic carbocycles. The highest BCUT2D eigenvalue weighted by atomic mass is 16.4. The molecule has 0 fully saturated rings. The number of carboxylic acids is 1. The Morgan fingerprint density at radius 1 is 1.31 bits per heavy atom. The van der Waals surface area contributed by atoms with E-state index in [1.54, 1.807) is 12.1 Å². The zero-order valence-electron chi connectivity index (χ0n) is 8.06. The van der Waals surface area contributed by atoms with Gasteiger partial charge in [-0.15, -0.1) is 0 Å². The van der Waals surface area contributed by atoms with Gasteiger partial charge in [-0.2, -0.15) is 0 Å². The number of amides is 1. The molecule has 80 valence electrons. The number of ketones is 1. The van der Waals surface area contributed by atoms with Crippen molar-refractivity contribution in [3.63, 3.8) is 0 Å². The lowest BCUT2D eigenvalue weighted by molar-refractivity contribution is -0.131. The maximum absolute atomic E-state index is 11.3. The maximum Gasteiger partial charge on any atom is 0.328 e. The molecule has 0 radical (unpaired) electrons. The van der Waals surface area contributed by atoms with Crippen LogP contribution in [0.5, 0.6) is 0 Å². The molecule has 2 rings (SSSR count). The molecule has 0 aromatic heterocycles. The third kappa shape index (κ3) is 1.70. The van der Waals surface area contributed by atoms with Crippen LogP contribution in [-0.2, 0) is 9.59 Å². The third-order valence-electron chi connectivity index (χ3n) is 2.16. The molecule has 0 unspecified atom stereocenters. The summed E-state index contributed by atoms with van der Waals surface area (Å²) in [6.07, 6.45) is 2.33. The minimum atomic E-state index is -1.07. The molecule has 0 bridgehead atoms. The van der Waals surface area contributed by atoms with Gasteiger partial charge in [0, 0.05) is 6.08 Å². The maximum atomic E-state index is 11.3. The summed E-state index contributed by atoms with van der Waals surface area (Å²) in [5.74, 6) is -2.32. The molecule has 1 aliphatic heterocycles. The number of Topliss-reactive ketones (excluding diaryl/α,β-unsaturated/α-hetero) is 1. The van der Waals surface area contributed by atoms with Gasteiger partial charge in [0.15, 0.2) is 0 Å². The number of benzene rings is 1. The highest BCUT2D eigenvalue weighted by Crippen LogP contribution is 2.24. The van der Waals surface area contributed by atoms with Gasteiger partial charge in [0.25, 0.3) is 11.7 Å². The molecule has 0 aliphatic carbocycles. The van der Waals surface area contributed by atoms with E-state index in [0.717, 1.165) is 6.08 Å². The van der Waals surface area contributed by atoms with Crippen molar-refractivity contribution in [2.24, 2.45) is 0 Å². The predicted molar refractivity (Wildman–Crippen MR) is 56.1 cm³/mol. The Kier molecular flexibility index (Phi) is 2.28. The molecule has 0 atom stereocenters. The van der Waals surface area contributed by atoms with Crippen molar-refractivity contribution < 1.29 is 19.5 Å². The smallest absolute Gasteiger partial charge is 0.328 e. The number of aliphatic carboxylic acids is 1. The van der Waals surface area contributed by atoms with E-state index >= 15 is 0 Å². The van der Waals surface area contributed by atoms with Crippen LogP contribution in [0.4, 0.5) is 5.69 Å². The largest absolute Gasteiger partial charge is 0.478 e. The van der Waals surface area contributed by atoms with Gasteiger partial charge < -0.3 is 10.4 Å². The first-order chi connectivity index (χ1) is 7.58. The van der Waals surface area contributed by atoms with Crippen LogP contribution >= 0.6 is 0 Å². The summed E-state index contributed by atoms with van der Waals surface area (Å²) in [4.78, 5) is 32.7. The fourth-order valence-corrected chi connectivity index (χ4v) is 1.43. The summed E-state index contributed by atoms with van der Waals surface area (Å²) in [7, 11) is 0. The van der Waals surface area contributed by atoms with E-state index in [1.807, 2.05) is 0 Å². The Balaban J connectivity index is 2.38. The second kappa shape index (κ2) is 3.62. The van der Waals surface area contributed by atoms with Gasteiger partial charge in [0.1, 0.15) is 0 Å². The molecular formula is C11H7NO4. The molecule has 1 aromatic rings. The molecular weight excluding hydrogens is 210 g/mol. The molecule has 0 spiro atoms. The summed E-state index contributed by atoms with van der Waals surface area (Å²) in [5, 5.41) is 10.9. The third-order valence-corrected chi connectivity index (χ3v) is 2.16. The van der Waals surface area contributed by atoms with Gasteiger partial charge in [0.2, 0.25) is 0 Å². The van der Waals surface area contributed by atoms with E-state index in [1.165, 1.54) is 12.1 Å². The Labute approximate surface area is 90.4 Å². The molecule has 5 nitrogen and oxygen atoms in total. The van der Waals surface area contributed by atoms with E-state index in [2.05, 4.69) is 5.32 Å². The van der Waals surface area contributed by atoms with Crippen molar-refractivity contribution in [3.05, 3.63) is 35.4 Å². The minimum absolute atomic E-state index is 0.275. The number of rotatable bonds is 2. The van der Waals surface area contributed by atoms with Gasteiger partial charge in [-0.3, -0.25) is 9.59 Å². The van der Waals surface area contributed by atoms with E-state index in [0.29, 0.717) is 11.3 Å². The van der Waals surface area contributed by atoms with Crippen LogP contribution in [0.1, 0.15) is 15.9 Å². The van der Waals surface area contributed by atoms with Crippen LogP contribution < -0.4 is 5.32 Å². The van der Waals surface area contributed by atoms with Crippen molar-refractivity contribution in [1.29, 1.82) is 0 Å². The number of carbonyl (C=O) groups excluding carboxylic acids is 2.